The number of aromatic amines is 2. The summed E-state index contributed by atoms with van der Waals surface area (Å²) >= 11 is 0. The topological polar surface area (TPSA) is 160 Å². The number of esters is 1. The number of hydrogen-bond donors (Lipinski definition) is 2. The highest BCUT2D eigenvalue weighted by atomic mass is 28.4. The van der Waals surface area contributed by atoms with Crippen molar-refractivity contribution in [2.45, 2.75) is 105 Å². The largest absolute Gasteiger partial charge is 0.463 e. The predicted molar refractivity (Wildman–Crippen MR) is 236 cm³/mol. The molecule has 2 atom stereocenters. The molecular weight excluding hydrogens is 777 g/mol. The molecule has 2 aromatic heterocycles. The van der Waals surface area contributed by atoms with Crippen molar-refractivity contribution in [3.63, 3.8) is 0 Å². The van der Waals surface area contributed by atoms with Gasteiger partial charge < -0.3 is 23.9 Å². The summed E-state index contributed by atoms with van der Waals surface area (Å²) in [7, 11) is -2.01. The van der Waals surface area contributed by atoms with E-state index in [1.807, 2.05) is 39.0 Å². The Bertz CT molecular complexity index is 2380. The van der Waals surface area contributed by atoms with Gasteiger partial charge in [0.15, 0.2) is 14.6 Å². The summed E-state index contributed by atoms with van der Waals surface area (Å²) in [6, 6.07) is 5.77. The van der Waals surface area contributed by atoms with Crippen LogP contribution in [0, 0.1) is 6.92 Å². The zero-order valence-corrected chi connectivity index (χ0v) is 37.9. The lowest BCUT2D eigenvalue weighted by Gasteiger charge is -2.36. The Morgan fingerprint density at radius 3 is 2.30 bits per heavy atom. The zero-order valence-electron chi connectivity index (χ0n) is 36.9. The molecule has 0 spiro atoms. The Morgan fingerprint density at radius 2 is 1.62 bits per heavy atom. The van der Waals surface area contributed by atoms with E-state index in [1.165, 1.54) is 4.90 Å². The molecule has 7 rings (SSSR count). The summed E-state index contributed by atoms with van der Waals surface area (Å²) < 4.78 is 17.5. The van der Waals surface area contributed by atoms with Crippen molar-refractivity contribution < 1.29 is 33.1 Å². The van der Waals surface area contributed by atoms with E-state index < -0.39 is 14.2 Å². The highest BCUT2D eigenvalue weighted by Crippen LogP contribution is 2.45. The van der Waals surface area contributed by atoms with Crippen molar-refractivity contribution >= 4 is 65.7 Å². The van der Waals surface area contributed by atoms with Crippen LogP contribution in [0.3, 0.4) is 0 Å². The summed E-state index contributed by atoms with van der Waals surface area (Å²) in [6.45, 7) is 24.7. The number of aryl methyl sites for hydroxylation is 1. The molecule has 2 N–H and O–H groups in total. The van der Waals surface area contributed by atoms with Crippen LogP contribution in [0.5, 0.6) is 0 Å². The van der Waals surface area contributed by atoms with E-state index in [9.17, 15) is 14.4 Å². The van der Waals surface area contributed by atoms with Gasteiger partial charge in [-0.25, -0.2) is 9.97 Å². The fourth-order valence-corrected chi connectivity index (χ4v) is 9.63. The van der Waals surface area contributed by atoms with E-state index in [4.69, 9.17) is 23.9 Å². The van der Waals surface area contributed by atoms with Gasteiger partial charge in [-0.2, -0.15) is 0 Å². The number of nitrogens with one attached hydrogen (secondary N) is 2. The maximum Gasteiger partial charge on any atom is 0.305 e. The monoisotopic (exact) mass is 836 g/mol. The van der Waals surface area contributed by atoms with E-state index in [2.05, 4.69) is 62.6 Å². The molecule has 5 aliphatic rings. The van der Waals surface area contributed by atoms with E-state index in [0.29, 0.717) is 89.7 Å². The van der Waals surface area contributed by atoms with Crippen LogP contribution in [0.25, 0.3) is 33.3 Å². The molecular formula is C46H60N6O7Si. The molecule has 0 aliphatic carbocycles. The Balaban J connectivity index is 1.38. The molecule has 60 heavy (non-hydrogen) atoms. The van der Waals surface area contributed by atoms with E-state index >= 15 is 4.79 Å². The molecule has 14 heteroatoms. The maximum atomic E-state index is 15.0. The number of ether oxygens (including phenoxy) is 2. The van der Waals surface area contributed by atoms with Crippen molar-refractivity contribution in [1.82, 2.24) is 29.7 Å². The fraction of sp³-hybridized carbons (Fsp3) is 0.522. The normalized spacial score (nSPS) is 19.3. The van der Waals surface area contributed by atoms with E-state index in [1.54, 1.807) is 0 Å². The zero-order chi connectivity index (χ0) is 43.3. The van der Waals surface area contributed by atoms with Crippen LogP contribution in [0.1, 0.15) is 140 Å². The van der Waals surface area contributed by atoms with Crippen LogP contribution < -0.4 is 0 Å². The van der Waals surface area contributed by atoms with Crippen LogP contribution in [-0.2, 0) is 23.5 Å². The standard InChI is InChI=1S/C46H60N6O7Si/c1-11-30-26(2)34-23-38-32(25-53)28(4)33(48-38)22-35-27(3)31(12-13-39(54)58-20-21-59-60(9,10)46(6,7)8)42(49-35)41-43-40(29(5)36(50-43)24-37(30)47-34)44(55)52(45(41)56)15-14-51-16-18-57-19-17-51/h22-25,27,31,49-50H,11-21H2,1-10H3/t27-,31-/m0/s1. The molecule has 0 saturated carbocycles. The molecule has 0 aromatic carbocycles. The predicted octanol–water partition coefficient (Wildman–Crippen LogP) is 7.98. The number of nitrogens with zero attached hydrogens (tertiary/aromatic N) is 4. The quantitative estimate of drug-likeness (QED) is 0.0706. The summed E-state index contributed by atoms with van der Waals surface area (Å²) in [4.78, 5) is 76.3. The Kier molecular flexibility index (Phi) is 12.2. The second kappa shape index (κ2) is 16.9. The number of aldehydes is 1. The number of morpholine rings is 1. The number of aromatic nitrogens is 4. The molecule has 1 fully saturated rings. The van der Waals surface area contributed by atoms with Crippen LogP contribution >= 0.6 is 0 Å². The molecule has 0 radical (unpaired) electrons. The van der Waals surface area contributed by atoms with Crippen LogP contribution in [0.15, 0.2) is 18.2 Å². The van der Waals surface area contributed by atoms with Gasteiger partial charge in [0.2, 0.25) is 0 Å². The van der Waals surface area contributed by atoms with Gasteiger partial charge >= 0.3 is 5.97 Å². The molecule has 320 valence electrons. The van der Waals surface area contributed by atoms with Gasteiger partial charge in [-0.1, -0.05) is 34.6 Å². The van der Waals surface area contributed by atoms with E-state index in [-0.39, 0.29) is 48.3 Å². The molecule has 2 aromatic rings. The molecule has 5 aliphatic heterocycles. The number of imide groups is 1. The highest BCUT2D eigenvalue weighted by molar-refractivity contribution is 6.74. The van der Waals surface area contributed by atoms with Crippen molar-refractivity contribution in [2.24, 2.45) is 0 Å². The second-order valence-electron chi connectivity index (χ2n) is 18.1. The first-order valence-electron chi connectivity index (χ1n) is 21.3. The summed E-state index contributed by atoms with van der Waals surface area (Å²) in [6.07, 6.45) is 2.03. The van der Waals surface area contributed by atoms with Crippen LogP contribution in [0.2, 0.25) is 18.1 Å². The van der Waals surface area contributed by atoms with Gasteiger partial charge in [-0.3, -0.25) is 29.0 Å². The lowest BCUT2D eigenvalue weighted by molar-refractivity contribution is -0.144. The third-order valence-electron chi connectivity index (χ3n) is 13.5. The van der Waals surface area contributed by atoms with Crippen molar-refractivity contribution in [1.29, 1.82) is 0 Å². The van der Waals surface area contributed by atoms with Crippen molar-refractivity contribution in [3.8, 4) is 0 Å². The average molecular weight is 837 g/mol. The lowest BCUT2D eigenvalue weighted by Crippen LogP contribution is -2.47. The van der Waals surface area contributed by atoms with Crippen LogP contribution in [-0.4, -0.2) is 115 Å². The SMILES string of the molecule is CCC1=C(C)c2cc3nc(cc4[nH]c(c5c6[nH]c(cc1n2)c(C)c6C(=O)N(CCN1CCOCC1)C5=O)[C@@H](CCC(=O)OCCO[Si](C)(C)C(C)(C)C)[C@@H]4C)C(C)=C3C=O. The molecule has 1 saturated heterocycles. The Hall–Kier alpha value is -4.76. The minimum absolute atomic E-state index is 0.0376. The molecule has 13 nitrogen and oxygen atoms in total. The van der Waals surface area contributed by atoms with Gasteiger partial charge in [0.1, 0.15) is 6.61 Å². The summed E-state index contributed by atoms with van der Waals surface area (Å²) in [5, 5.41) is 0.0376. The number of allylic oxidation sites excluding steroid dienone is 4. The highest BCUT2D eigenvalue weighted by Gasteiger charge is 2.41. The summed E-state index contributed by atoms with van der Waals surface area (Å²) in [5.74, 6) is -1.63. The first-order chi connectivity index (χ1) is 28.4. The van der Waals surface area contributed by atoms with Gasteiger partial charge in [0.25, 0.3) is 11.8 Å². The minimum atomic E-state index is -2.01. The van der Waals surface area contributed by atoms with Gasteiger partial charge in [-0.15, -0.1) is 0 Å². The molecule has 7 heterocycles. The number of H-pyrrole nitrogens is 2. The second-order valence-corrected chi connectivity index (χ2v) is 22.9. The average Bonchev–Trinajstić information content (AvgIpc) is 3.88. The summed E-state index contributed by atoms with van der Waals surface area (Å²) in [5.41, 5.74) is 9.95. The Morgan fingerprint density at radius 1 is 0.933 bits per heavy atom. The number of fused-ring (bicyclic) bond motifs is 8. The first-order valence-corrected chi connectivity index (χ1v) is 24.3. The Labute approximate surface area is 353 Å². The fourth-order valence-electron chi connectivity index (χ4n) is 8.60. The maximum absolute atomic E-state index is 15.0. The molecule has 8 bridgehead atoms. The van der Waals surface area contributed by atoms with Crippen molar-refractivity contribution in [2.75, 3.05) is 52.6 Å². The van der Waals surface area contributed by atoms with E-state index in [0.717, 1.165) is 53.0 Å². The number of rotatable bonds is 12. The first kappa shape index (κ1) is 43.3. The number of hydrogen-bond acceptors (Lipinski definition) is 10. The lowest BCUT2D eigenvalue weighted by atomic mass is 9.84. The van der Waals surface area contributed by atoms with Gasteiger partial charge in [-0.05, 0) is 92.2 Å². The number of carbonyl (C=O) groups is 4. The smallest absolute Gasteiger partial charge is 0.305 e. The van der Waals surface area contributed by atoms with Gasteiger partial charge in [0.05, 0.1) is 59.2 Å². The van der Waals surface area contributed by atoms with Crippen LogP contribution in [0.4, 0.5) is 0 Å². The number of carbonyl (C=O) groups excluding carboxylic acids is 4. The van der Waals surface area contributed by atoms with Gasteiger partial charge in [0, 0.05) is 66.9 Å². The third kappa shape index (κ3) is 8.06. The molecule has 2 amide bonds. The van der Waals surface area contributed by atoms with Crippen molar-refractivity contribution in [3.05, 3.63) is 69.1 Å². The minimum Gasteiger partial charge on any atom is -0.463 e. The number of amides is 2. The molecule has 0 unspecified atom stereocenters. The third-order valence-corrected chi connectivity index (χ3v) is 18.0.